The SMILES string of the molecule is Cc1nc(C(=O)Nc2ccc(Oc3ccc(F)cc3)nc2)nn1-c1n[nH]c(C(F)(F)F)n1. The quantitative estimate of drug-likeness (QED) is 0.449. The van der Waals surface area contributed by atoms with Crippen LogP contribution in [0.2, 0.25) is 0 Å². The topological polar surface area (TPSA) is 124 Å². The highest BCUT2D eigenvalue weighted by molar-refractivity contribution is 6.01. The number of hydrogen-bond donors (Lipinski definition) is 2. The monoisotopic (exact) mass is 448 g/mol. The number of benzene rings is 1. The minimum atomic E-state index is -4.71. The largest absolute Gasteiger partial charge is 0.451 e. The molecule has 0 unspecified atom stereocenters. The molecule has 1 amide bonds. The zero-order valence-electron chi connectivity index (χ0n) is 16.1. The van der Waals surface area contributed by atoms with Crippen molar-refractivity contribution < 1.29 is 27.1 Å². The fraction of sp³-hybridized carbons (Fsp3) is 0.111. The van der Waals surface area contributed by atoms with E-state index in [1.165, 1.54) is 49.5 Å². The number of carbonyl (C=O) groups excluding carboxylic acids is 1. The average Bonchev–Trinajstić information content (AvgIpc) is 3.38. The first-order valence-corrected chi connectivity index (χ1v) is 8.83. The molecule has 0 atom stereocenters. The van der Waals surface area contributed by atoms with Crippen LogP contribution in [0.1, 0.15) is 22.3 Å². The third-order valence-electron chi connectivity index (χ3n) is 3.93. The van der Waals surface area contributed by atoms with E-state index in [2.05, 4.69) is 30.5 Å². The number of anilines is 1. The number of amides is 1. The number of nitrogens with one attached hydrogen (secondary N) is 2. The Morgan fingerprint density at radius 1 is 1.12 bits per heavy atom. The van der Waals surface area contributed by atoms with Gasteiger partial charge in [0.15, 0.2) is 0 Å². The average molecular weight is 448 g/mol. The zero-order valence-corrected chi connectivity index (χ0v) is 16.1. The molecule has 4 rings (SSSR count). The number of pyridine rings is 1. The minimum Gasteiger partial charge on any atom is -0.439 e. The van der Waals surface area contributed by atoms with Gasteiger partial charge in [-0.1, -0.05) is 0 Å². The third-order valence-corrected chi connectivity index (χ3v) is 3.93. The maximum absolute atomic E-state index is 12.9. The second-order valence-corrected chi connectivity index (χ2v) is 6.27. The van der Waals surface area contributed by atoms with Crippen molar-refractivity contribution in [2.24, 2.45) is 0 Å². The van der Waals surface area contributed by atoms with Crippen molar-refractivity contribution in [2.45, 2.75) is 13.1 Å². The number of aromatic nitrogens is 7. The van der Waals surface area contributed by atoms with Crippen molar-refractivity contribution >= 4 is 11.6 Å². The molecule has 0 saturated carbocycles. The van der Waals surface area contributed by atoms with Crippen LogP contribution < -0.4 is 10.1 Å². The standard InChI is InChI=1S/C18H12F4N8O2/c1-9-24-14(29-30(9)17-26-16(27-28-17)18(20,21)22)15(31)25-11-4-7-13(23-8-11)32-12-5-2-10(19)3-6-12/h2-8H,1H3,(H,25,31)(H,26,27,28). The molecule has 0 fully saturated rings. The predicted octanol–water partition coefficient (Wildman–Crippen LogP) is 3.29. The van der Waals surface area contributed by atoms with E-state index >= 15 is 0 Å². The van der Waals surface area contributed by atoms with Crippen molar-refractivity contribution in [3.8, 4) is 17.6 Å². The van der Waals surface area contributed by atoms with Crippen LogP contribution in [0, 0.1) is 12.7 Å². The van der Waals surface area contributed by atoms with Gasteiger partial charge in [0.25, 0.3) is 11.9 Å². The summed E-state index contributed by atoms with van der Waals surface area (Å²) in [4.78, 5) is 23.7. The van der Waals surface area contributed by atoms with Gasteiger partial charge < -0.3 is 10.1 Å². The van der Waals surface area contributed by atoms with Crippen molar-refractivity contribution in [2.75, 3.05) is 5.32 Å². The van der Waals surface area contributed by atoms with Crippen molar-refractivity contribution in [1.29, 1.82) is 0 Å². The number of nitrogens with zero attached hydrogens (tertiary/aromatic N) is 6. The molecule has 3 aromatic heterocycles. The molecular weight excluding hydrogens is 436 g/mol. The van der Waals surface area contributed by atoms with E-state index in [1.54, 1.807) is 5.10 Å². The second-order valence-electron chi connectivity index (χ2n) is 6.27. The van der Waals surface area contributed by atoms with Gasteiger partial charge in [-0.15, -0.1) is 10.2 Å². The normalized spacial score (nSPS) is 11.4. The molecule has 0 aliphatic rings. The summed E-state index contributed by atoms with van der Waals surface area (Å²) in [7, 11) is 0. The first-order valence-electron chi connectivity index (χ1n) is 8.83. The fourth-order valence-electron chi connectivity index (χ4n) is 2.48. The number of hydrogen-bond acceptors (Lipinski definition) is 7. The van der Waals surface area contributed by atoms with E-state index in [-0.39, 0.29) is 23.2 Å². The molecule has 10 nitrogen and oxygen atoms in total. The maximum atomic E-state index is 12.9. The molecule has 0 radical (unpaired) electrons. The molecule has 0 aliphatic carbocycles. The van der Waals surface area contributed by atoms with E-state index in [1.807, 2.05) is 0 Å². The maximum Gasteiger partial charge on any atom is 0.451 e. The molecule has 2 N–H and O–H groups in total. The number of H-pyrrole nitrogens is 1. The fourth-order valence-corrected chi connectivity index (χ4v) is 2.48. The lowest BCUT2D eigenvalue weighted by atomic mass is 10.3. The molecule has 0 aliphatic heterocycles. The number of alkyl halides is 3. The first kappa shape index (κ1) is 20.9. The Morgan fingerprint density at radius 3 is 2.50 bits per heavy atom. The molecular formula is C18H12F4N8O2. The lowest BCUT2D eigenvalue weighted by Crippen LogP contribution is -2.14. The predicted molar refractivity (Wildman–Crippen MR) is 99.7 cm³/mol. The Morgan fingerprint density at radius 2 is 1.88 bits per heavy atom. The van der Waals surface area contributed by atoms with Crippen LogP contribution in [0.4, 0.5) is 23.2 Å². The summed E-state index contributed by atoms with van der Waals surface area (Å²) in [5.41, 5.74) is 0.285. The van der Waals surface area contributed by atoms with Gasteiger partial charge in [0, 0.05) is 6.07 Å². The number of ether oxygens (including phenoxy) is 1. The Labute approximate surface area is 176 Å². The molecule has 4 aromatic rings. The highest BCUT2D eigenvalue weighted by Crippen LogP contribution is 2.26. The van der Waals surface area contributed by atoms with Crippen LogP contribution in [0.3, 0.4) is 0 Å². The van der Waals surface area contributed by atoms with Crippen LogP contribution in [0.5, 0.6) is 11.6 Å². The first-order chi connectivity index (χ1) is 15.2. The van der Waals surface area contributed by atoms with E-state index < -0.39 is 29.7 Å². The summed E-state index contributed by atoms with van der Waals surface area (Å²) >= 11 is 0. The van der Waals surface area contributed by atoms with Gasteiger partial charge in [-0.25, -0.2) is 14.4 Å². The zero-order chi connectivity index (χ0) is 22.9. The van der Waals surface area contributed by atoms with Crippen molar-refractivity contribution in [1.82, 2.24) is 34.9 Å². The van der Waals surface area contributed by atoms with Crippen molar-refractivity contribution in [3.63, 3.8) is 0 Å². The number of aromatic amines is 1. The summed E-state index contributed by atoms with van der Waals surface area (Å²) in [6.07, 6.45) is -3.40. The Bertz CT molecular complexity index is 1250. The van der Waals surface area contributed by atoms with Gasteiger partial charge in [-0.05, 0) is 37.3 Å². The molecule has 164 valence electrons. The van der Waals surface area contributed by atoms with E-state index in [0.717, 1.165) is 4.68 Å². The van der Waals surface area contributed by atoms with Crippen LogP contribution in [0.15, 0.2) is 42.6 Å². The summed E-state index contributed by atoms with van der Waals surface area (Å²) < 4.78 is 57.4. The van der Waals surface area contributed by atoms with Gasteiger partial charge >= 0.3 is 6.18 Å². The summed E-state index contributed by atoms with van der Waals surface area (Å²) in [6, 6.07) is 8.31. The van der Waals surface area contributed by atoms with Gasteiger partial charge in [-0.3, -0.25) is 9.89 Å². The number of carbonyl (C=O) groups is 1. The summed E-state index contributed by atoms with van der Waals surface area (Å²) in [5.74, 6) is -2.48. The number of rotatable bonds is 5. The highest BCUT2D eigenvalue weighted by atomic mass is 19.4. The summed E-state index contributed by atoms with van der Waals surface area (Å²) in [6.45, 7) is 1.43. The Balaban J connectivity index is 1.44. The molecule has 0 saturated heterocycles. The van der Waals surface area contributed by atoms with Crippen LogP contribution >= 0.6 is 0 Å². The molecule has 3 heterocycles. The molecule has 32 heavy (non-hydrogen) atoms. The lowest BCUT2D eigenvalue weighted by Gasteiger charge is -2.06. The van der Waals surface area contributed by atoms with E-state index in [4.69, 9.17) is 4.74 Å². The van der Waals surface area contributed by atoms with Crippen LogP contribution in [0.25, 0.3) is 5.95 Å². The van der Waals surface area contributed by atoms with E-state index in [0.29, 0.717) is 5.75 Å². The minimum absolute atomic E-state index is 0.101. The van der Waals surface area contributed by atoms with Gasteiger partial charge in [0.05, 0.1) is 11.9 Å². The van der Waals surface area contributed by atoms with Gasteiger partial charge in [-0.2, -0.15) is 22.8 Å². The van der Waals surface area contributed by atoms with Gasteiger partial charge in [0.2, 0.25) is 17.5 Å². The smallest absolute Gasteiger partial charge is 0.439 e. The number of halogens is 4. The Hall–Kier alpha value is -4.36. The van der Waals surface area contributed by atoms with E-state index in [9.17, 15) is 22.4 Å². The molecule has 0 bridgehead atoms. The van der Waals surface area contributed by atoms with Crippen molar-refractivity contribution in [3.05, 3.63) is 65.9 Å². The number of aryl methyl sites for hydroxylation is 1. The molecule has 14 heteroatoms. The second kappa shape index (κ2) is 8.05. The lowest BCUT2D eigenvalue weighted by molar-refractivity contribution is -0.144. The van der Waals surface area contributed by atoms with Crippen LogP contribution in [-0.4, -0.2) is 40.8 Å². The van der Waals surface area contributed by atoms with Gasteiger partial charge in [0.1, 0.15) is 17.4 Å². The molecule has 0 spiro atoms. The molecule has 1 aromatic carbocycles. The summed E-state index contributed by atoms with van der Waals surface area (Å²) in [5, 5.41) is 11.6. The third kappa shape index (κ3) is 4.53. The van der Waals surface area contributed by atoms with Crippen LogP contribution in [-0.2, 0) is 6.18 Å². The highest BCUT2D eigenvalue weighted by Gasteiger charge is 2.35. The Kier molecular flexibility index (Phi) is 5.26.